The van der Waals surface area contributed by atoms with E-state index in [0.29, 0.717) is 0 Å². The number of fused-ring (bicyclic) bond motifs is 1. The van der Waals surface area contributed by atoms with Gasteiger partial charge in [-0.2, -0.15) is 0 Å². The maximum Gasteiger partial charge on any atom is 0.184 e. The first-order valence-electron chi connectivity index (χ1n) is 4.73. The fourth-order valence-electron chi connectivity index (χ4n) is 1.92. The van der Waals surface area contributed by atoms with Crippen LogP contribution in [0.2, 0.25) is 0 Å². The number of hydrogen-bond donors (Lipinski definition) is 1. The lowest BCUT2D eigenvalue weighted by atomic mass is 10.1. The van der Waals surface area contributed by atoms with Gasteiger partial charge in [-0.3, -0.25) is 0 Å². The van der Waals surface area contributed by atoms with Crippen LogP contribution in [-0.2, 0) is 14.2 Å². The molecule has 0 bridgehead atoms. The van der Waals surface area contributed by atoms with Crippen molar-refractivity contribution >= 4 is 0 Å². The Morgan fingerprint density at radius 1 is 1.40 bits per heavy atom. The van der Waals surface area contributed by atoms with Gasteiger partial charge in [-0.15, -0.1) is 0 Å². The molecule has 1 N–H and O–H groups in total. The summed E-state index contributed by atoms with van der Waals surface area (Å²) in [6.45, 7) is 3.67. The van der Waals surface area contributed by atoms with Gasteiger partial charge in [-0.25, -0.2) is 0 Å². The maximum atomic E-state index is 9.54. The Hall–Kier alpha value is -0.850. The highest BCUT2D eigenvalue weighted by molar-refractivity contribution is 4.95. The Labute approximate surface area is 86.6 Å². The molecule has 84 valence electrons. The van der Waals surface area contributed by atoms with E-state index in [9.17, 15) is 5.11 Å². The molecule has 0 amide bonds. The molecule has 2 rings (SSSR count). The highest BCUT2D eigenvalue weighted by Crippen LogP contribution is 2.37. The van der Waals surface area contributed by atoms with Crippen LogP contribution in [0.15, 0.2) is 5.11 Å². The first-order valence-corrected chi connectivity index (χ1v) is 4.73. The molecular weight excluding hydrogens is 202 g/mol. The Balaban J connectivity index is 2.08. The van der Waals surface area contributed by atoms with Gasteiger partial charge in [0.25, 0.3) is 0 Å². The molecule has 7 nitrogen and oxygen atoms in total. The fourth-order valence-corrected chi connectivity index (χ4v) is 1.92. The van der Waals surface area contributed by atoms with Crippen LogP contribution in [0.3, 0.4) is 0 Å². The number of azide groups is 1. The zero-order chi connectivity index (χ0) is 11.1. The summed E-state index contributed by atoms with van der Waals surface area (Å²) in [4.78, 5) is 2.64. The van der Waals surface area contributed by atoms with Crippen LogP contribution < -0.4 is 0 Å². The third kappa shape index (κ3) is 1.92. The van der Waals surface area contributed by atoms with Gasteiger partial charge in [0.05, 0.1) is 12.6 Å². The molecular formula is C8H13N3O4. The number of aliphatic hydroxyl groups excluding tert-OH is 1. The van der Waals surface area contributed by atoms with E-state index in [2.05, 4.69) is 10.0 Å². The Kier molecular flexibility index (Phi) is 2.57. The quantitative estimate of drug-likeness (QED) is 0.413. The maximum absolute atomic E-state index is 9.54. The second-order valence-electron chi connectivity index (χ2n) is 4.04. The molecule has 2 aliphatic heterocycles. The van der Waals surface area contributed by atoms with Crippen molar-refractivity contribution in [3.63, 3.8) is 0 Å². The number of rotatable bonds is 2. The molecule has 2 fully saturated rings. The largest absolute Gasteiger partial charge is 0.366 e. The smallest absolute Gasteiger partial charge is 0.184 e. The summed E-state index contributed by atoms with van der Waals surface area (Å²) < 4.78 is 16.2. The minimum absolute atomic E-state index is 0.133. The Morgan fingerprint density at radius 3 is 2.73 bits per heavy atom. The molecule has 0 spiro atoms. The molecule has 0 saturated carbocycles. The van der Waals surface area contributed by atoms with Gasteiger partial charge in [0, 0.05) is 4.91 Å². The zero-order valence-electron chi connectivity index (χ0n) is 8.53. The van der Waals surface area contributed by atoms with E-state index in [4.69, 9.17) is 19.7 Å². The first-order chi connectivity index (χ1) is 7.03. The molecule has 0 aromatic carbocycles. The van der Waals surface area contributed by atoms with E-state index in [-0.39, 0.29) is 12.6 Å². The van der Waals surface area contributed by atoms with Gasteiger partial charge in [0.15, 0.2) is 12.1 Å². The van der Waals surface area contributed by atoms with Crippen LogP contribution in [0.4, 0.5) is 0 Å². The second kappa shape index (κ2) is 3.62. The van der Waals surface area contributed by atoms with E-state index in [1.54, 1.807) is 13.8 Å². The lowest BCUT2D eigenvalue weighted by Gasteiger charge is -2.21. The summed E-state index contributed by atoms with van der Waals surface area (Å²) in [5.41, 5.74) is 8.20. The van der Waals surface area contributed by atoms with Crippen molar-refractivity contribution in [3.8, 4) is 0 Å². The van der Waals surface area contributed by atoms with E-state index in [1.807, 2.05) is 0 Å². The Bertz CT molecular complexity index is 302. The van der Waals surface area contributed by atoms with E-state index in [0.717, 1.165) is 0 Å². The third-order valence-corrected chi connectivity index (χ3v) is 2.45. The predicted molar refractivity (Wildman–Crippen MR) is 48.7 cm³/mol. The van der Waals surface area contributed by atoms with Crippen molar-refractivity contribution in [2.45, 2.75) is 44.2 Å². The average molecular weight is 215 g/mol. The molecule has 2 saturated heterocycles. The number of hydrogen-bond acceptors (Lipinski definition) is 5. The van der Waals surface area contributed by atoms with Gasteiger partial charge in [0.1, 0.15) is 12.2 Å². The predicted octanol–water partition coefficient (Wildman–Crippen LogP) is 0.534. The lowest BCUT2D eigenvalue weighted by Crippen LogP contribution is -2.31. The molecule has 4 atom stereocenters. The van der Waals surface area contributed by atoms with Gasteiger partial charge in [0.2, 0.25) is 0 Å². The topological polar surface area (TPSA) is 96.7 Å². The summed E-state index contributed by atoms with van der Waals surface area (Å²) in [6, 6.07) is 0. The lowest BCUT2D eigenvalue weighted by molar-refractivity contribution is -0.218. The van der Waals surface area contributed by atoms with Crippen LogP contribution in [0.5, 0.6) is 0 Å². The molecule has 0 radical (unpaired) electrons. The summed E-state index contributed by atoms with van der Waals surface area (Å²) in [5, 5.41) is 12.9. The van der Waals surface area contributed by atoms with Gasteiger partial charge in [-0.05, 0) is 19.4 Å². The highest BCUT2D eigenvalue weighted by Gasteiger charge is 2.54. The van der Waals surface area contributed by atoms with E-state index >= 15 is 0 Å². The standard InChI is InChI=1S/C8H13N3O4/c1-8(2)14-5-4(3-10-11-9)13-7(12)6(5)15-8/h4-7,12H,3H2,1-2H3/t4-,5-,6?,7?/m1/s1. The summed E-state index contributed by atoms with van der Waals surface area (Å²) >= 11 is 0. The van der Waals surface area contributed by atoms with Crippen molar-refractivity contribution in [3.05, 3.63) is 10.4 Å². The molecule has 2 heterocycles. The van der Waals surface area contributed by atoms with Gasteiger partial charge in [-0.1, -0.05) is 5.11 Å². The number of aliphatic hydroxyl groups is 1. The Morgan fingerprint density at radius 2 is 2.07 bits per heavy atom. The molecule has 0 aliphatic carbocycles. The summed E-state index contributed by atoms with van der Waals surface area (Å²) in [6.07, 6.45) is -2.34. The minimum atomic E-state index is -1.02. The first kappa shape index (κ1) is 10.7. The summed E-state index contributed by atoms with van der Waals surface area (Å²) in [7, 11) is 0. The molecule has 0 aromatic rings. The molecule has 2 unspecified atom stereocenters. The van der Waals surface area contributed by atoms with Crippen LogP contribution in [0, 0.1) is 0 Å². The van der Waals surface area contributed by atoms with Gasteiger partial charge < -0.3 is 19.3 Å². The zero-order valence-corrected chi connectivity index (χ0v) is 8.53. The molecule has 15 heavy (non-hydrogen) atoms. The van der Waals surface area contributed by atoms with Crippen molar-refractivity contribution < 1.29 is 19.3 Å². The molecule has 7 heteroatoms. The van der Waals surface area contributed by atoms with Gasteiger partial charge >= 0.3 is 0 Å². The minimum Gasteiger partial charge on any atom is -0.366 e. The van der Waals surface area contributed by atoms with Crippen LogP contribution in [0.1, 0.15) is 13.8 Å². The highest BCUT2D eigenvalue weighted by atomic mass is 16.8. The van der Waals surface area contributed by atoms with E-state index in [1.165, 1.54) is 0 Å². The average Bonchev–Trinajstić information content (AvgIpc) is 2.60. The number of nitrogens with zero attached hydrogens (tertiary/aromatic N) is 3. The monoisotopic (exact) mass is 215 g/mol. The van der Waals surface area contributed by atoms with Crippen molar-refractivity contribution in [2.75, 3.05) is 6.54 Å². The normalized spacial score (nSPS) is 42.3. The van der Waals surface area contributed by atoms with Crippen molar-refractivity contribution in [1.29, 1.82) is 0 Å². The van der Waals surface area contributed by atoms with Crippen LogP contribution in [-0.4, -0.2) is 42.0 Å². The number of ether oxygens (including phenoxy) is 3. The van der Waals surface area contributed by atoms with Crippen molar-refractivity contribution in [1.82, 2.24) is 0 Å². The van der Waals surface area contributed by atoms with E-state index < -0.39 is 24.3 Å². The third-order valence-electron chi connectivity index (χ3n) is 2.45. The van der Waals surface area contributed by atoms with Crippen molar-refractivity contribution in [2.24, 2.45) is 5.11 Å². The van der Waals surface area contributed by atoms with Crippen LogP contribution >= 0.6 is 0 Å². The molecule has 2 aliphatic rings. The fraction of sp³-hybridized carbons (Fsp3) is 1.00. The molecule has 0 aromatic heterocycles. The van der Waals surface area contributed by atoms with Crippen LogP contribution in [0.25, 0.3) is 10.4 Å². The second-order valence-corrected chi connectivity index (χ2v) is 4.04. The SMILES string of the molecule is CC1(C)OC2C(O)O[C@H](CN=[N+]=[N-])[C@H]2O1. The summed E-state index contributed by atoms with van der Waals surface area (Å²) in [5.74, 6) is -0.727.